The number of benzene rings is 1. The van der Waals surface area contributed by atoms with Crippen LogP contribution in [-0.4, -0.2) is 34.9 Å². The first kappa shape index (κ1) is 17.1. The third kappa shape index (κ3) is 2.97. The molecule has 2 heterocycles. The van der Waals surface area contributed by atoms with Crippen molar-refractivity contribution < 1.29 is 5.11 Å². The van der Waals surface area contributed by atoms with Crippen molar-refractivity contribution in [3.63, 3.8) is 0 Å². The lowest BCUT2D eigenvalue weighted by Crippen LogP contribution is -2.07. The molecule has 0 saturated heterocycles. The van der Waals surface area contributed by atoms with E-state index in [9.17, 15) is 5.11 Å². The fraction of sp³-hybridized carbons (Fsp3) is 0.333. The van der Waals surface area contributed by atoms with E-state index in [1.807, 2.05) is 26.0 Å². The molecular weight excluding hydrogens is 396 g/mol. The Labute approximate surface area is 152 Å². The van der Waals surface area contributed by atoms with Gasteiger partial charge in [0.2, 0.25) is 0 Å². The van der Waals surface area contributed by atoms with Crippen molar-refractivity contribution in [2.45, 2.75) is 26.4 Å². The zero-order chi connectivity index (χ0) is 17.4. The van der Waals surface area contributed by atoms with Crippen LogP contribution in [0, 0.1) is 6.92 Å². The largest absolute Gasteiger partial charge is 0.385 e. The van der Waals surface area contributed by atoms with Crippen LogP contribution >= 0.6 is 27.5 Å². The summed E-state index contributed by atoms with van der Waals surface area (Å²) in [6.07, 6.45) is 1.37. The summed E-state index contributed by atoms with van der Waals surface area (Å²) in [4.78, 5) is 4.51. The Balaban J connectivity index is 2.23. The molecule has 0 aliphatic carbocycles. The zero-order valence-electron chi connectivity index (χ0n) is 13.4. The zero-order valence-corrected chi connectivity index (χ0v) is 15.7. The predicted octanol–water partition coefficient (Wildman–Crippen LogP) is 3.23. The molecule has 1 N–H and O–H groups in total. The van der Waals surface area contributed by atoms with Crippen LogP contribution in [0.2, 0.25) is 5.02 Å². The summed E-state index contributed by atoms with van der Waals surface area (Å²) < 4.78 is 4.08. The van der Waals surface area contributed by atoms with Gasteiger partial charge in [0.25, 0.3) is 0 Å². The van der Waals surface area contributed by atoms with E-state index in [1.54, 1.807) is 22.6 Å². The van der Waals surface area contributed by atoms with E-state index in [0.717, 1.165) is 15.6 Å². The van der Waals surface area contributed by atoms with Gasteiger partial charge in [0.15, 0.2) is 17.5 Å². The molecular formula is C15H16BrClN6O. The van der Waals surface area contributed by atoms with Gasteiger partial charge >= 0.3 is 0 Å². The second-order valence-corrected chi connectivity index (χ2v) is 6.67. The van der Waals surface area contributed by atoms with Gasteiger partial charge < -0.3 is 5.11 Å². The third-order valence-corrected chi connectivity index (χ3v) is 4.97. The van der Waals surface area contributed by atoms with Gasteiger partial charge in [0, 0.05) is 22.1 Å². The Hall–Kier alpha value is -1.77. The highest BCUT2D eigenvalue weighted by Gasteiger charge is 2.21. The molecule has 0 aliphatic rings. The number of rotatable bonds is 4. The highest BCUT2D eigenvalue weighted by atomic mass is 79.9. The van der Waals surface area contributed by atoms with Crippen molar-refractivity contribution in [2.24, 2.45) is 7.05 Å². The molecule has 7 nitrogen and oxygen atoms in total. The smallest absolute Gasteiger partial charge is 0.180 e. The molecule has 0 saturated carbocycles. The molecule has 0 amide bonds. The number of hydrogen-bond acceptors (Lipinski definition) is 5. The molecule has 126 valence electrons. The second kappa shape index (κ2) is 6.62. The number of aryl methyl sites for hydroxylation is 1. The van der Waals surface area contributed by atoms with Gasteiger partial charge in [-0.3, -0.25) is 0 Å². The van der Waals surface area contributed by atoms with Gasteiger partial charge in [-0.1, -0.05) is 39.7 Å². The van der Waals surface area contributed by atoms with Gasteiger partial charge in [-0.05, 0) is 31.0 Å². The van der Waals surface area contributed by atoms with Gasteiger partial charge in [-0.2, -0.15) is 4.68 Å². The minimum Gasteiger partial charge on any atom is -0.385 e. The maximum atomic E-state index is 10.1. The monoisotopic (exact) mass is 410 g/mol. The molecule has 3 rings (SSSR count). The van der Waals surface area contributed by atoms with Gasteiger partial charge in [-0.25, -0.2) is 9.67 Å². The number of nitrogens with zero attached hydrogens (tertiary/aromatic N) is 6. The lowest BCUT2D eigenvalue weighted by molar-refractivity contribution is 0.163. The molecule has 2 aromatic heterocycles. The molecule has 3 aromatic rings. The minimum absolute atomic E-state index is 0.349. The van der Waals surface area contributed by atoms with Crippen LogP contribution in [0.1, 0.15) is 30.8 Å². The third-order valence-electron chi connectivity index (χ3n) is 3.75. The molecule has 9 heteroatoms. The Bertz CT molecular complexity index is 867. The van der Waals surface area contributed by atoms with Crippen LogP contribution in [-0.2, 0) is 7.05 Å². The Morgan fingerprint density at radius 3 is 2.71 bits per heavy atom. The van der Waals surface area contributed by atoms with Crippen LogP contribution < -0.4 is 0 Å². The summed E-state index contributed by atoms with van der Waals surface area (Å²) in [5.41, 5.74) is 1.73. The minimum atomic E-state index is -0.740. The highest BCUT2D eigenvalue weighted by molar-refractivity contribution is 9.10. The van der Waals surface area contributed by atoms with Crippen LogP contribution in [0.3, 0.4) is 0 Å². The molecule has 0 spiro atoms. The van der Waals surface area contributed by atoms with E-state index in [4.69, 9.17) is 11.6 Å². The van der Waals surface area contributed by atoms with E-state index < -0.39 is 6.10 Å². The number of hydrogen-bond donors (Lipinski definition) is 1. The van der Waals surface area contributed by atoms with Crippen molar-refractivity contribution in [3.05, 3.63) is 39.2 Å². The maximum absolute atomic E-state index is 10.1. The number of aliphatic hydroxyl groups excluding tert-OH is 1. The number of aromatic nitrogens is 6. The summed E-state index contributed by atoms with van der Waals surface area (Å²) in [6, 6.07) is 3.75. The molecule has 1 aromatic carbocycles. The summed E-state index contributed by atoms with van der Waals surface area (Å²) in [6.45, 7) is 3.80. The van der Waals surface area contributed by atoms with E-state index in [2.05, 4.69) is 36.3 Å². The standard InChI is InChI=1S/C15H16BrClN6O/c1-4-12(24)14-19-15(9-5-10(16)8(2)11(17)6-9)23(20-14)13-7-18-21-22(13)3/h5-7,12,24H,4H2,1-3H3. The lowest BCUT2D eigenvalue weighted by atomic mass is 10.1. The summed E-state index contributed by atoms with van der Waals surface area (Å²) in [7, 11) is 1.77. The van der Waals surface area contributed by atoms with Gasteiger partial charge in [0.1, 0.15) is 6.10 Å². The fourth-order valence-electron chi connectivity index (χ4n) is 2.25. The van der Waals surface area contributed by atoms with Crippen molar-refractivity contribution in [1.82, 2.24) is 29.8 Å². The summed E-state index contributed by atoms with van der Waals surface area (Å²) in [5, 5.41) is 23.0. The molecule has 0 bridgehead atoms. The molecule has 0 fully saturated rings. The molecule has 0 radical (unpaired) electrons. The van der Waals surface area contributed by atoms with E-state index in [-0.39, 0.29) is 0 Å². The lowest BCUT2D eigenvalue weighted by Gasteiger charge is -2.08. The van der Waals surface area contributed by atoms with Crippen LogP contribution in [0.4, 0.5) is 0 Å². The maximum Gasteiger partial charge on any atom is 0.180 e. The molecule has 24 heavy (non-hydrogen) atoms. The van der Waals surface area contributed by atoms with Crippen LogP contribution in [0.15, 0.2) is 22.8 Å². The normalized spacial score (nSPS) is 12.6. The number of aliphatic hydroxyl groups is 1. The summed E-state index contributed by atoms with van der Waals surface area (Å²) in [5.74, 6) is 1.55. The first-order valence-electron chi connectivity index (χ1n) is 7.38. The SMILES string of the molecule is CCC(O)c1nc(-c2cc(Cl)c(C)c(Br)c2)n(-c2cnnn2C)n1. The average Bonchev–Trinajstić information content (AvgIpc) is 3.17. The summed E-state index contributed by atoms with van der Waals surface area (Å²) >= 11 is 9.82. The average molecular weight is 412 g/mol. The van der Waals surface area contributed by atoms with Gasteiger partial charge in [0.05, 0.1) is 6.20 Å². The Kier molecular flexibility index (Phi) is 4.71. The van der Waals surface area contributed by atoms with E-state index in [1.165, 1.54) is 0 Å². The number of halogens is 2. The van der Waals surface area contributed by atoms with Gasteiger partial charge in [-0.15, -0.1) is 10.2 Å². The topological polar surface area (TPSA) is 81.7 Å². The highest BCUT2D eigenvalue weighted by Crippen LogP contribution is 2.32. The van der Waals surface area contributed by atoms with Crippen molar-refractivity contribution in [2.75, 3.05) is 0 Å². The first-order valence-corrected chi connectivity index (χ1v) is 8.55. The quantitative estimate of drug-likeness (QED) is 0.713. The molecule has 0 aliphatic heterocycles. The van der Waals surface area contributed by atoms with Crippen molar-refractivity contribution in [3.8, 4) is 17.2 Å². The molecule has 1 atom stereocenters. The fourth-order valence-corrected chi connectivity index (χ4v) is 3.04. The second-order valence-electron chi connectivity index (χ2n) is 5.41. The Morgan fingerprint density at radius 2 is 2.12 bits per heavy atom. The molecule has 1 unspecified atom stereocenters. The first-order chi connectivity index (χ1) is 11.4. The predicted molar refractivity (Wildman–Crippen MR) is 94.1 cm³/mol. The van der Waals surface area contributed by atoms with Crippen molar-refractivity contribution >= 4 is 27.5 Å². The van der Waals surface area contributed by atoms with Crippen molar-refractivity contribution in [1.29, 1.82) is 0 Å². The van der Waals surface area contributed by atoms with Crippen LogP contribution in [0.25, 0.3) is 17.2 Å². The van der Waals surface area contributed by atoms with E-state index in [0.29, 0.717) is 28.9 Å². The van der Waals surface area contributed by atoms with Crippen LogP contribution in [0.5, 0.6) is 0 Å². The Morgan fingerprint density at radius 1 is 1.38 bits per heavy atom. The van der Waals surface area contributed by atoms with E-state index >= 15 is 0 Å².